The first-order valence-electron chi connectivity index (χ1n) is 8.98. The van der Waals surface area contributed by atoms with E-state index in [0.717, 1.165) is 0 Å². The minimum atomic E-state index is -0.909. The Morgan fingerprint density at radius 2 is 1.58 bits per heavy atom. The maximum absolute atomic E-state index is 11.9. The summed E-state index contributed by atoms with van der Waals surface area (Å²) in [7, 11) is 0. The van der Waals surface area contributed by atoms with E-state index in [2.05, 4.69) is 15.8 Å². The molecule has 3 aromatic carbocycles. The van der Waals surface area contributed by atoms with E-state index in [1.165, 1.54) is 12.3 Å². The van der Waals surface area contributed by atoms with Gasteiger partial charge in [-0.15, -0.1) is 0 Å². The van der Waals surface area contributed by atoms with E-state index in [0.29, 0.717) is 37.6 Å². The number of carbonyl (C=O) groups excluding carboxylic acids is 2. The number of halogens is 3. The van der Waals surface area contributed by atoms with Gasteiger partial charge in [0, 0.05) is 26.3 Å². The highest BCUT2D eigenvalue weighted by molar-refractivity contribution is 6.40. The molecule has 2 amide bonds. The van der Waals surface area contributed by atoms with Crippen LogP contribution in [0.1, 0.15) is 11.1 Å². The molecule has 9 heteroatoms. The normalized spacial score (nSPS) is 10.7. The number of hydrazone groups is 1. The van der Waals surface area contributed by atoms with Gasteiger partial charge in [-0.05, 0) is 60.2 Å². The fourth-order valence-corrected chi connectivity index (χ4v) is 3.14. The highest BCUT2D eigenvalue weighted by Crippen LogP contribution is 2.25. The van der Waals surface area contributed by atoms with Crippen molar-refractivity contribution in [2.45, 2.75) is 6.61 Å². The van der Waals surface area contributed by atoms with Crippen molar-refractivity contribution in [3.63, 3.8) is 0 Å². The number of amides is 2. The van der Waals surface area contributed by atoms with Gasteiger partial charge in [0.2, 0.25) is 0 Å². The number of ether oxygens (including phenoxy) is 1. The first kappa shape index (κ1) is 22.6. The number of rotatable bonds is 6. The maximum Gasteiger partial charge on any atom is 0.329 e. The second-order valence-electron chi connectivity index (χ2n) is 6.22. The van der Waals surface area contributed by atoms with E-state index in [1.807, 2.05) is 0 Å². The molecule has 0 saturated carbocycles. The van der Waals surface area contributed by atoms with E-state index in [1.54, 1.807) is 60.7 Å². The van der Waals surface area contributed by atoms with Crippen molar-refractivity contribution in [2.24, 2.45) is 5.10 Å². The van der Waals surface area contributed by atoms with Gasteiger partial charge in [-0.2, -0.15) is 5.10 Å². The molecule has 0 saturated heterocycles. The predicted molar refractivity (Wildman–Crippen MR) is 123 cm³/mol. The molecule has 3 rings (SSSR count). The van der Waals surface area contributed by atoms with Gasteiger partial charge in [-0.25, -0.2) is 5.43 Å². The van der Waals surface area contributed by atoms with Crippen LogP contribution in [0.25, 0.3) is 0 Å². The third kappa shape index (κ3) is 6.72. The van der Waals surface area contributed by atoms with Crippen molar-refractivity contribution in [3.8, 4) is 5.75 Å². The lowest BCUT2D eigenvalue weighted by Crippen LogP contribution is -2.32. The molecule has 0 bridgehead atoms. The van der Waals surface area contributed by atoms with Crippen molar-refractivity contribution >= 4 is 58.5 Å². The third-order valence-corrected chi connectivity index (χ3v) is 4.94. The molecule has 3 aromatic rings. The van der Waals surface area contributed by atoms with Crippen LogP contribution in [0.2, 0.25) is 15.1 Å². The van der Waals surface area contributed by atoms with Crippen LogP contribution in [0.5, 0.6) is 5.75 Å². The molecule has 0 atom stereocenters. The van der Waals surface area contributed by atoms with E-state index < -0.39 is 11.8 Å². The topological polar surface area (TPSA) is 79.8 Å². The standard InChI is InChI=1S/C22H16Cl3N3O3/c23-15-3-1-4-16(11-15)27-21(29)22(30)28-26-12-14-7-9-17(10-8-14)31-13-18-19(24)5-2-6-20(18)25/h1-12H,13H2,(H,27,29)(H,28,30)/b26-12-. The van der Waals surface area contributed by atoms with Gasteiger partial charge in [0.1, 0.15) is 12.4 Å². The van der Waals surface area contributed by atoms with Gasteiger partial charge in [-0.3, -0.25) is 9.59 Å². The van der Waals surface area contributed by atoms with E-state index in [4.69, 9.17) is 39.5 Å². The van der Waals surface area contributed by atoms with Crippen molar-refractivity contribution in [1.29, 1.82) is 0 Å². The molecule has 0 spiro atoms. The van der Waals surface area contributed by atoms with Crippen LogP contribution in [0.3, 0.4) is 0 Å². The zero-order chi connectivity index (χ0) is 22.2. The number of hydrogen-bond donors (Lipinski definition) is 2. The molecule has 0 aliphatic heterocycles. The number of hydrogen-bond acceptors (Lipinski definition) is 4. The molecule has 31 heavy (non-hydrogen) atoms. The zero-order valence-electron chi connectivity index (χ0n) is 15.9. The summed E-state index contributed by atoms with van der Waals surface area (Å²) in [6.45, 7) is 0.226. The summed E-state index contributed by atoms with van der Waals surface area (Å²) in [5, 5.41) is 7.72. The van der Waals surface area contributed by atoms with Crippen LogP contribution in [0.15, 0.2) is 71.8 Å². The second kappa shape index (κ2) is 10.8. The Morgan fingerprint density at radius 3 is 2.26 bits per heavy atom. The number of carbonyl (C=O) groups is 2. The molecule has 0 heterocycles. The molecule has 0 unspecified atom stereocenters. The molecule has 0 radical (unpaired) electrons. The Hall–Kier alpha value is -3.06. The van der Waals surface area contributed by atoms with Crippen LogP contribution in [0.4, 0.5) is 5.69 Å². The zero-order valence-corrected chi connectivity index (χ0v) is 18.2. The van der Waals surface area contributed by atoms with Crippen LogP contribution in [-0.4, -0.2) is 18.0 Å². The lowest BCUT2D eigenvalue weighted by Gasteiger charge is -2.09. The summed E-state index contributed by atoms with van der Waals surface area (Å²) in [5.41, 5.74) is 3.97. The Labute approximate surface area is 193 Å². The number of nitrogens with one attached hydrogen (secondary N) is 2. The molecule has 6 nitrogen and oxygen atoms in total. The fraction of sp³-hybridized carbons (Fsp3) is 0.0455. The number of anilines is 1. The molecule has 0 aliphatic carbocycles. The Bertz CT molecular complexity index is 1100. The van der Waals surface area contributed by atoms with Gasteiger partial charge >= 0.3 is 11.8 Å². The highest BCUT2D eigenvalue weighted by atomic mass is 35.5. The van der Waals surface area contributed by atoms with E-state index >= 15 is 0 Å². The first-order chi connectivity index (χ1) is 14.9. The lowest BCUT2D eigenvalue weighted by atomic mass is 10.2. The van der Waals surface area contributed by atoms with Crippen LogP contribution < -0.4 is 15.5 Å². The first-order valence-corrected chi connectivity index (χ1v) is 10.1. The summed E-state index contributed by atoms with van der Waals surface area (Å²) in [6.07, 6.45) is 1.40. The summed E-state index contributed by atoms with van der Waals surface area (Å²) in [5.74, 6) is -1.16. The van der Waals surface area contributed by atoms with Crippen LogP contribution in [0, 0.1) is 0 Å². The van der Waals surface area contributed by atoms with Gasteiger partial charge in [-0.1, -0.05) is 46.9 Å². The van der Waals surface area contributed by atoms with Crippen molar-refractivity contribution < 1.29 is 14.3 Å². The number of nitrogens with zero attached hydrogens (tertiary/aromatic N) is 1. The lowest BCUT2D eigenvalue weighted by molar-refractivity contribution is -0.136. The largest absolute Gasteiger partial charge is 0.489 e. The molecular weight excluding hydrogens is 461 g/mol. The Morgan fingerprint density at radius 1 is 0.903 bits per heavy atom. The van der Waals surface area contributed by atoms with Crippen molar-refractivity contribution in [3.05, 3.63) is 92.9 Å². The second-order valence-corrected chi connectivity index (χ2v) is 7.47. The third-order valence-electron chi connectivity index (χ3n) is 3.99. The molecule has 0 fully saturated rings. The van der Waals surface area contributed by atoms with Crippen LogP contribution in [-0.2, 0) is 16.2 Å². The van der Waals surface area contributed by atoms with Crippen LogP contribution >= 0.6 is 34.8 Å². The Balaban J connectivity index is 1.50. The monoisotopic (exact) mass is 475 g/mol. The summed E-state index contributed by atoms with van der Waals surface area (Å²) < 4.78 is 5.70. The van der Waals surface area contributed by atoms with Crippen molar-refractivity contribution in [1.82, 2.24) is 5.43 Å². The quantitative estimate of drug-likeness (QED) is 0.287. The Kier molecular flexibility index (Phi) is 7.89. The van der Waals surface area contributed by atoms with Gasteiger partial charge in [0.25, 0.3) is 0 Å². The molecular formula is C22H16Cl3N3O3. The average Bonchev–Trinajstić information content (AvgIpc) is 2.74. The minimum absolute atomic E-state index is 0.226. The SMILES string of the molecule is O=C(N/N=C\c1ccc(OCc2c(Cl)cccc2Cl)cc1)C(=O)Nc1cccc(Cl)c1. The predicted octanol–water partition coefficient (Wildman–Crippen LogP) is 5.31. The summed E-state index contributed by atoms with van der Waals surface area (Å²) in [6, 6.07) is 18.7. The van der Waals surface area contributed by atoms with Gasteiger partial charge in [0.15, 0.2) is 0 Å². The molecule has 158 valence electrons. The smallest absolute Gasteiger partial charge is 0.329 e. The summed E-state index contributed by atoms with van der Waals surface area (Å²) >= 11 is 18.1. The average molecular weight is 477 g/mol. The van der Waals surface area contributed by atoms with Gasteiger partial charge < -0.3 is 10.1 Å². The van der Waals surface area contributed by atoms with E-state index in [-0.39, 0.29) is 6.61 Å². The molecule has 0 aliphatic rings. The van der Waals surface area contributed by atoms with Gasteiger partial charge in [0.05, 0.1) is 6.21 Å². The highest BCUT2D eigenvalue weighted by Gasteiger charge is 2.13. The molecule has 0 aromatic heterocycles. The molecule has 2 N–H and O–H groups in total. The fourth-order valence-electron chi connectivity index (χ4n) is 2.45. The minimum Gasteiger partial charge on any atom is -0.489 e. The van der Waals surface area contributed by atoms with Crippen molar-refractivity contribution in [2.75, 3.05) is 5.32 Å². The summed E-state index contributed by atoms with van der Waals surface area (Å²) in [4.78, 5) is 23.7. The van der Waals surface area contributed by atoms with E-state index in [9.17, 15) is 9.59 Å². The maximum atomic E-state index is 11.9. The number of benzene rings is 3.